The summed E-state index contributed by atoms with van der Waals surface area (Å²) in [5, 5.41) is 9.60. The summed E-state index contributed by atoms with van der Waals surface area (Å²) in [4.78, 5) is 14.6. The van der Waals surface area contributed by atoms with Crippen LogP contribution in [0.2, 0.25) is 0 Å². The van der Waals surface area contributed by atoms with Gasteiger partial charge in [0.05, 0.1) is 12.0 Å². The zero-order valence-corrected chi connectivity index (χ0v) is 15.8. The van der Waals surface area contributed by atoms with Gasteiger partial charge in [-0.3, -0.25) is 4.79 Å². The molecule has 3 nitrogen and oxygen atoms in total. The van der Waals surface area contributed by atoms with Crippen LogP contribution >= 0.6 is 0 Å². The first-order chi connectivity index (χ1) is 14.0. The second-order valence-corrected chi connectivity index (χ2v) is 7.35. The van der Waals surface area contributed by atoms with Crippen molar-refractivity contribution in [2.24, 2.45) is 5.92 Å². The van der Waals surface area contributed by atoms with Crippen molar-refractivity contribution in [3.05, 3.63) is 95.6 Å². The Hall–Kier alpha value is -3.21. The summed E-state index contributed by atoms with van der Waals surface area (Å²) < 4.78 is 26.4. The molecular weight excluding hydrogens is 372 g/mol. The van der Waals surface area contributed by atoms with Crippen molar-refractivity contribution < 1.29 is 18.7 Å². The number of hydrogen-bond donors (Lipinski definition) is 1. The summed E-state index contributed by atoms with van der Waals surface area (Å²) in [6.45, 7) is 0. The molecule has 0 aliphatic carbocycles. The van der Waals surface area contributed by atoms with Crippen LogP contribution in [0.1, 0.15) is 30.0 Å². The number of halogens is 2. The van der Waals surface area contributed by atoms with Crippen molar-refractivity contribution >= 4 is 11.6 Å². The molecule has 1 amide bonds. The SMILES string of the molecule is O=C1[C@H](CCCc2ccc(F)cc2)C(c2ccc(O)cc2)N1c1ccc(F)cc1. The first-order valence-electron chi connectivity index (χ1n) is 9.65. The first kappa shape index (κ1) is 19.1. The van der Waals surface area contributed by atoms with Crippen molar-refractivity contribution in [3.8, 4) is 5.75 Å². The molecular formula is C24H21F2NO2. The highest BCUT2D eigenvalue weighted by molar-refractivity contribution is 6.03. The maximum Gasteiger partial charge on any atom is 0.233 e. The number of carbonyl (C=O) groups is 1. The van der Waals surface area contributed by atoms with E-state index in [4.69, 9.17) is 0 Å². The van der Waals surface area contributed by atoms with Crippen LogP contribution in [-0.2, 0) is 11.2 Å². The van der Waals surface area contributed by atoms with Gasteiger partial charge < -0.3 is 10.0 Å². The molecule has 0 saturated carbocycles. The standard InChI is InChI=1S/C24H21F2NO2/c25-18-8-4-16(5-9-18)2-1-3-22-23(17-6-14-21(28)15-7-17)27(24(22)29)20-12-10-19(26)11-13-20/h4-15,22-23,28H,1-3H2/t22-,23?/m1/s1. The highest BCUT2D eigenvalue weighted by Gasteiger charge is 2.48. The molecule has 1 aliphatic heterocycles. The molecule has 1 N–H and O–H groups in total. The molecule has 0 radical (unpaired) electrons. The Balaban J connectivity index is 1.52. The smallest absolute Gasteiger partial charge is 0.233 e. The quantitative estimate of drug-likeness (QED) is 0.570. The normalized spacial score (nSPS) is 18.6. The van der Waals surface area contributed by atoms with E-state index in [1.807, 2.05) is 12.1 Å². The Morgan fingerprint density at radius 2 is 1.41 bits per heavy atom. The third-order valence-corrected chi connectivity index (χ3v) is 5.45. The highest BCUT2D eigenvalue weighted by atomic mass is 19.1. The van der Waals surface area contributed by atoms with E-state index in [1.165, 1.54) is 24.3 Å². The van der Waals surface area contributed by atoms with E-state index in [2.05, 4.69) is 0 Å². The van der Waals surface area contributed by atoms with E-state index in [0.29, 0.717) is 12.1 Å². The Bertz CT molecular complexity index is 985. The Morgan fingerprint density at radius 3 is 2.03 bits per heavy atom. The Kier molecular flexibility index (Phi) is 5.30. The molecule has 1 fully saturated rings. The van der Waals surface area contributed by atoms with Gasteiger partial charge in [0.25, 0.3) is 0 Å². The first-order valence-corrected chi connectivity index (χ1v) is 9.65. The van der Waals surface area contributed by atoms with Crippen LogP contribution in [0.4, 0.5) is 14.5 Å². The van der Waals surface area contributed by atoms with Crippen molar-refractivity contribution in [2.45, 2.75) is 25.3 Å². The Morgan fingerprint density at radius 1 is 0.828 bits per heavy atom. The lowest BCUT2D eigenvalue weighted by Crippen LogP contribution is -2.55. The van der Waals surface area contributed by atoms with Crippen LogP contribution in [0.15, 0.2) is 72.8 Å². The monoisotopic (exact) mass is 393 g/mol. The fourth-order valence-electron chi connectivity index (χ4n) is 3.95. The van der Waals surface area contributed by atoms with Crippen molar-refractivity contribution in [3.63, 3.8) is 0 Å². The number of amides is 1. The average Bonchev–Trinajstić information content (AvgIpc) is 2.72. The molecule has 1 unspecified atom stereocenters. The number of rotatable bonds is 6. The van der Waals surface area contributed by atoms with E-state index in [0.717, 1.165) is 24.0 Å². The molecule has 1 saturated heterocycles. The molecule has 0 aromatic heterocycles. The van der Waals surface area contributed by atoms with Crippen molar-refractivity contribution in [1.82, 2.24) is 0 Å². The summed E-state index contributed by atoms with van der Waals surface area (Å²) in [5.41, 5.74) is 2.62. The van der Waals surface area contributed by atoms with E-state index >= 15 is 0 Å². The zero-order valence-electron chi connectivity index (χ0n) is 15.8. The van der Waals surface area contributed by atoms with Gasteiger partial charge in [-0.15, -0.1) is 0 Å². The van der Waals surface area contributed by atoms with Crippen LogP contribution in [0, 0.1) is 17.6 Å². The topological polar surface area (TPSA) is 40.5 Å². The van der Waals surface area contributed by atoms with Gasteiger partial charge in [0, 0.05) is 5.69 Å². The number of phenolic OH excluding ortho intramolecular Hbond substituents is 1. The predicted molar refractivity (Wildman–Crippen MR) is 108 cm³/mol. The number of aromatic hydroxyl groups is 1. The van der Waals surface area contributed by atoms with Crippen molar-refractivity contribution in [2.75, 3.05) is 4.90 Å². The molecule has 1 aliphatic rings. The van der Waals surface area contributed by atoms with E-state index in [9.17, 15) is 18.7 Å². The van der Waals surface area contributed by atoms with E-state index < -0.39 is 0 Å². The van der Waals surface area contributed by atoms with Gasteiger partial charge in [0.15, 0.2) is 0 Å². The predicted octanol–water partition coefficient (Wildman–Crippen LogP) is 5.40. The van der Waals surface area contributed by atoms with Gasteiger partial charge in [0.1, 0.15) is 17.4 Å². The maximum atomic E-state index is 13.3. The van der Waals surface area contributed by atoms with Gasteiger partial charge in [0.2, 0.25) is 5.91 Å². The van der Waals surface area contributed by atoms with Gasteiger partial charge in [-0.25, -0.2) is 8.78 Å². The maximum absolute atomic E-state index is 13.3. The van der Waals surface area contributed by atoms with Gasteiger partial charge in [-0.2, -0.15) is 0 Å². The molecule has 3 aromatic rings. The molecule has 3 aromatic carbocycles. The fraction of sp³-hybridized carbons (Fsp3) is 0.208. The molecule has 1 heterocycles. The Labute approximate surface area is 168 Å². The minimum Gasteiger partial charge on any atom is -0.508 e. The number of aryl methyl sites for hydroxylation is 1. The van der Waals surface area contributed by atoms with Crippen LogP contribution in [-0.4, -0.2) is 11.0 Å². The molecule has 148 valence electrons. The number of anilines is 1. The van der Waals surface area contributed by atoms with E-state index in [-0.39, 0.29) is 35.3 Å². The lowest BCUT2D eigenvalue weighted by molar-refractivity contribution is -0.130. The molecule has 2 atom stereocenters. The number of carbonyl (C=O) groups excluding carboxylic acids is 1. The minimum atomic E-state index is -0.348. The summed E-state index contributed by atoms with van der Waals surface area (Å²) in [6.07, 6.45) is 2.26. The average molecular weight is 393 g/mol. The third kappa shape index (κ3) is 3.99. The lowest BCUT2D eigenvalue weighted by Gasteiger charge is -2.47. The number of nitrogens with zero attached hydrogens (tertiary/aromatic N) is 1. The number of benzene rings is 3. The second-order valence-electron chi connectivity index (χ2n) is 7.35. The molecule has 0 bridgehead atoms. The number of phenols is 1. The largest absolute Gasteiger partial charge is 0.508 e. The lowest BCUT2D eigenvalue weighted by atomic mass is 9.78. The van der Waals surface area contributed by atoms with Gasteiger partial charge >= 0.3 is 0 Å². The van der Waals surface area contributed by atoms with Crippen LogP contribution in [0.5, 0.6) is 5.75 Å². The van der Waals surface area contributed by atoms with Gasteiger partial charge in [-0.05, 0) is 78.9 Å². The zero-order chi connectivity index (χ0) is 20.4. The summed E-state index contributed by atoms with van der Waals surface area (Å²) >= 11 is 0. The third-order valence-electron chi connectivity index (χ3n) is 5.45. The summed E-state index contributed by atoms with van der Waals surface area (Å²) in [5.74, 6) is -0.622. The van der Waals surface area contributed by atoms with Gasteiger partial charge in [-0.1, -0.05) is 24.3 Å². The summed E-state index contributed by atoms with van der Waals surface area (Å²) in [6, 6.07) is 19.0. The van der Waals surface area contributed by atoms with Crippen LogP contribution in [0.3, 0.4) is 0 Å². The van der Waals surface area contributed by atoms with Crippen LogP contribution in [0.25, 0.3) is 0 Å². The molecule has 0 spiro atoms. The molecule has 5 heteroatoms. The summed E-state index contributed by atoms with van der Waals surface area (Å²) in [7, 11) is 0. The van der Waals surface area contributed by atoms with Crippen molar-refractivity contribution in [1.29, 1.82) is 0 Å². The molecule has 4 rings (SSSR count). The highest BCUT2D eigenvalue weighted by Crippen LogP contribution is 2.45. The number of hydrogen-bond acceptors (Lipinski definition) is 2. The number of β-lactam (4-membered cyclic amide) rings is 1. The van der Waals surface area contributed by atoms with E-state index in [1.54, 1.807) is 41.3 Å². The fourth-order valence-corrected chi connectivity index (χ4v) is 3.95. The second kappa shape index (κ2) is 8.03. The van der Waals surface area contributed by atoms with Crippen LogP contribution < -0.4 is 4.90 Å². The molecule has 29 heavy (non-hydrogen) atoms. The minimum absolute atomic E-state index is 0.00814.